The second-order valence-electron chi connectivity index (χ2n) is 9.68. The summed E-state index contributed by atoms with van der Waals surface area (Å²) in [6.07, 6.45) is 5.85. The number of amides is 2. The van der Waals surface area contributed by atoms with E-state index in [1.165, 1.54) is 23.1 Å². The van der Waals surface area contributed by atoms with Crippen molar-refractivity contribution in [2.24, 2.45) is 0 Å². The van der Waals surface area contributed by atoms with E-state index in [1.54, 1.807) is 38.4 Å². The van der Waals surface area contributed by atoms with Gasteiger partial charge < -0.3 is 25.8 Å². The smallest absolute Gasteiger partial charge is 0.246 e. The first-order valence-corrected chi connectivity index (χ1v) is 13.3. The van der Waals surface area contributed by atoms with E-state index >= 15 is 0 Å². The summed E-state index contributed by atoms with van der Waals surface area (Å²) in [4.78, 5) is 37.9. The Labute approximate surface area is 235 Å². The van der Waals surface area contributed by atoms with Crippen molar-refractivity contribution in [3.63, 3.8) is 0 Å². The van der Waals surface area contributed by atoms with Gasteiger partial charge in [-0.1, -0.05) is 43.3 Å². The van der Waals surface area contributed by atoms with Crippen molar-refractivity contribution in [3.05, 3.63) is 78.3 Å². The summed E-state index contributed by atoms with van der Waals surface area (Å²) in [6, 6.07) is 13.2. The van der Waals surface area contributed by atoms with Crippen LogP contribution in [0.4, 0.5) is 21.8 Å². The maximum Gasteiger partial charge on any atom is 0.246 e. The number of hydrogen-bond acceptors (Lipinski definition) is 7. The van der Waals surface area contributed by atoms with Crippen LogP contribution in [0.1, 0.15) is 25.8 Å². The van der Waals surface area contributed by atoms with E-state index in [2.05, 4.69) is 32.8 Å². The summed E-state index contributed by atoms with van der Waals surface area (Å²) in [5.74, 6) is 0.104. The van der Waals surface area contributed by atoms with E-state index in [4.69, 9.17) is 0 Å². The minimum absolute atomic E-state index is 0.236. The molecule has 9 nitrogen and oxygen atoms in total. The summed E-state index contributed by atoms with van der Waals surface area (Å²) in [5, 5.41) is 9.36. The molecule has 10 heteroatoms. The first kappa shape index (κ1) is 30.2. The van der Waals surface area contributed by atoms with Gasteiger partial charge in [0.1, 0.15) is 17.7 Å². The Hall–Kier alpha value is -4.31. The maximum absolute atomic E-state index is 13.6. The Balaban J connectivity index is 1.77. The number of aromatic nitrogens is 2. The molecule has 0 unspecified atom stereocenters. The fourth-order valence-electron chi connectivity index (χ4n) is 3.83. The molecule has 0 aliphatic rings. The molecular formula is C30H38FN7O2. The van der Waals surface area contributed by atoms with E-state index < -0.39 is 6.04 Å². The summed E-state index contributed by atoms with van der Waals surface area (Å²) in [6.45, 7) is 5.35. The van der Waals surface area contributed by atoms with Gasteiger partial charge >= 0.3 is 0 Å². The largest absolute Gasteiger partial charge is 0.369 e. The van der Waals surface area contributed by atoms with Gasteiger partial charge in [-0.15, -0.1) is 0 Å². The van der Waals surface area contributed by atoms with Crippen molar-refractivity contribution < 1.29 is 14.0 Å². The second-order valence-corrected chi connectivity index (χ2v) is 9.68. The number of rotatable bonds is 13. The number of nitrogens with one attached hydrogen (secondary N) is 3. The molecule has 3 N–H and O–H groups in total. The van der Waals surface area contributed by atoms with Crippen LogP contribution in [0.3, 0.4) is 0 Å². The van der Waals surface area contributed by atoms with E-state index in [0.29, 0.717) is 30.5 Å². The van der Waals surface area contributed by atoms with E-state index in [0.717, 1.165) is 23.1 Å². The van der Waals surface area contributed by atoms with Gasteiger partial charge in [0.25, 0.3) is 0 Å². The highest BCUT2D eigenvalue weighted by atomic mass is 19.1. The van der Waals surface area contributed by atoms with Crippen LogP contribution in [0.5, 0.6) is 0 Å². The number of carbonyl (C=O) groups is 2. The molecule has 3 aromatic rings. The van der Waals surface area contributed by atoms with Crippen molar-refractivity contribution in [2.45, 2.75) is 32.9 Å². The normalized spacial score (nSPS) is 11.9. The fourth-order valence-corrected chi connectivity index (χ4v) is 3.83. The summed E-state index contributed by atoms with van der Waals surface area (Å²) >= 11 is 0. The molecule has 0 fully saturated rings. The zero-order valence-corrected chi connectivity index (χ0v) is 23.7. The number of nitrogens with zero attached hydrogens (tertiary/aromatic N) is 4. The van der Waals surface area contributed by atoms with Crippen LogP contribution in [0.2, 0.25) is 0 Å². The number of likely N-dealkylation sites (N-methyl/N-ethyl adjacent to an activating group) is 2. The molecule has 40 heavy (non-hydrogen) atoms. The second kappa shape index (κ2) is 14.7. The van der Waals surface area contributed by atoms with Crippen LogP contribution in [-0.2, 0) is 16.1 Å². The molecule has 2 aromatic carbocycles. The van der Waals surface area contributed by atoms with Crippen molar-refractivity contribution in [2.75, 3.05) is 44.9 Å². The monoisotopic (exact) mass is 547 g/mol. The molecule has 0 radical (unpaired) electrons. The van der Waals surface area contributed by atoms with Crippen LogP contribution >= 0.6 is 0 Å². The number of benzene rings is 2. The fraction of sp³-hybridized carbons (Fsp3) is 0.333. The predicted molar refractivity (Wildman–Crippen MR) is 158 cm³/mol. The Morgan fingerprint density at radius 3 is 2.58 bits per heavy atom. The van der Waals surface area contributed by atoms with Crippen molar-refractivity contribution in [1.29, 1.82) is 0 Å². The molecule has 1 aromatic heterocycles. The Morgan fingerprint density at radius 2 is 1.85 bits per heavy atom. The molecule has 0 saturated carbocycles. The predicted octanol–water partition coefficient (Wildman–Crippen LogP) is 4.43. The van der Waals surface area contributed by atoms with E-state index in [1.807, 2.05) is 43.3 Å². The summed E-state index contributed by atoms with van der Waals surface area (Å²) in [5.41, 5.74) is 3.05. The average Bonchev–Trinajstić information content (AvgIpc) is 2.94. The molecule has 0 aliphatic heterocycles. The van der Waals surface area contributed by atoms with Gasteiger partial charge in [-0.2, -0.15) is 4.98 Å². The van der Waals surface area contributed by atoms with Crippen molar-refractivity contribution >= 4 is 29.3 Å². The summed E-state index contributed by atoms with van der Waals surface area (Å²) in [7, 11) is 5.45. The number of carbonyl (C=O) groups excluding carboxylic acids is 2. The first-order valence-electron chi connectivity index (χ1n) is 13.3. The van der Waals surface area contributed by atoms with Gasteiger partial charge in [-0.3, -0.25) is 9.59 Å². The Kier molecular flexibility index (Phi) is 11.1. The highest BCUT2D eigenvalue weighted by Gasteiger charge is 2.21. The van der Waals surface area contributed by atoms with Gasteiger partial charge in [-0.25, -0.2) is 9.37 Å². The average molecular weight is 548 g/mol. The molecule has 1 atom stereocenters. The molecule has 3 rings (SSSR count). The van der Waals surface area contributed by atoms with Gasteiger partial charge in [0.05, 0.1) is 0 Å². The zero-order chi connectivity index (χ0) is 29.1. The van der Waals surface area contributed by atoms with Crippen LogP contribution in [0.25, 0.3) is 11.1 Å². The van der Waals surface area contributed by atoms with Crippen LogP contribution < -0.4 is 16.0 Å². The first-order chi connectivity index (χ1) is 19.2. The van der Waals surface area contributed by atoms with Crippen LogP contribution in [0.15, 0.2) is 66.9 Å². The van der Waals surface area contributed by atoms with Crippen LogP contribution in [-0.4, -0.2) is 71.9 Å². The quantitative estimate of drug-likeness (QED) is 0.272. The van der Waals surface area contributed by atoms with Crippen LogP contribution in [0, 0.1) is 5.82 Å². The van der Waals surface area contributed by atoms with Crippen molar-refractivity contribution in [3.8, 4) is 11.1 Å². The molecule has 212 valence electrons. The van der Waals surface area contributed by atoms with E-state index in [-0.39, 0.29) is 24.2 Å². The Morgan fingerprint density at radius 1 is 1.07 bits per heavy atom. The number of anilines is 3. The lowest BCUT2D eigenvalue weighted by molar-refractivity contribution is -0.135. The molecule has 2 amide bonds. The van der Waals surface area contributed by atoms with Gasteiger partial charge in [0.2, 0.25) is 17.8 Å². The maximum atomic E-state index is 13.6. The molecule has 0 saturated heterocycles. The topological polar surface area (TPSA) is 102 Å². The van der Waals surface area contributed by atoms with Gasteiger partial charge in [0.15, 0.2) is 0 Å². The zero-order valence-electron chi connectivity index (χ0n) is 23.7. The van der Waals surface area contributed by atoms with E-state index in [9.17, 15) is 14.0 Å². The highest BCUT2D eigenvalue weighted by molar-refractivity contribution is 5.92. The third-order valence-corrected chi connectivity index (χ3v) is 6.21. The lowest BCUT2D eigenvalue weighted by atomic mass is 10.0. The lowest BCUT2D eigenvalue weighted by Gasteiger charge is -2.23. The SMILES string of the molecule is CCCNc1nc(Nc2cccc(F)c2)ncc1-c1ccccc1CNC(=O)[C@H](C)N(C)C(=O)/C=C/CN(C)C. The Bertz CT molecular complexity index is 1330. The van der Waals surface area contributed by atoms with Gasteiger partial charge in [0, 0.05) is 50.2 Å². The highest BCUT2D eigenvalue weighted by Crippen LogP contribution is 2.30. The minimum atomic E-state index is -0.651. The van der Waals surface area contributed by atoms with Gasteiger partial charge in [-0.05, 0) is 56.8 Å². The number of halogens is 1. The molecular weight excluding hydrogens is 509 g/mol. The molecule has 0 bridgehead atoms. The van der Waals surface area contributed by atoms with Crippen molar-refractivity contribution in [1.82, 2.24) is 25.1 Å². The third kappa shape index (κ3) is 8.60. The summed E-state index contributed by atoms with van der Waals surface area (Å²) < 4.78 is 13.6. The molecule has 1 heterocycles. The molecule has 0 spiro atoms. The third-order valence-electron chi connectivity index (χ3n) is 6.21. The molecule has 0 aliphatic carbocycles. The lowest BCUT2D eigenvalue weighted by Crippen LogP contribution is -2.45. The minimum Gasteiger partial charge on any atom is -0.369 e. The standard InChI is InChI=1S/C30H38FN7O2/c1-6-16-32-28-26(20-34-30(36-28)35-24-13-9-12-23(31)18-24)25-14-8-7-11-22(25)19-33-29(40)21(2)38(5)27(39)15-10-17-37(3)4/h7-15,18,20-21H,6,16-17,19H2,1-5H3,(H,33,40)(H2,32,34,35,36)/b15-10+/t21-/m0/s1. The number of hydrogen-bond donors (Lipinski definition) is 3.